The van der Waals surface area contributed by atoms with Crippen LogP contribution in [0.5, 0.6) is 11.5 Å². The number of hydrogen-bond donors (Lipinski definition) is 0. The number of ether oxygens (including phenoxy) is 2. The van der Waals surface area contributed by atoms with Gasteiger partial charge in [0.15, 0.2) is 16.6 Å². The Bertz CT molecular complexity index is 1110. The maximum absolute atomic E-state index is 13.1. The molecule has 0 spiro atoms. The molecule has 1 aromatic heterocycles. The van der Waals surface area contributed by atoms with Gasteiger partial charge in [0.1, 0.15) is 0 Å². The number of rotatable bonds is 9. The van der Waals surface area contributed by atoms with Gasteiger partial charge in [-0.15, -0.1) is 12.4 Å². The molecule has 0 aliphatic rings. The van der Waals surface area contributed by atoms with Gasteiger partial charge in [0.25, 0.3) is 11.6 Å². The predicted molar refractivity (Wildman–Crippen MR) is 133 cm³/mol. The van der Waals surface area contributed by atoms with E-state index in [4.69, 9.17) is 9.47 Å². The standard InChI is InChI=1S/C22H24N4O5S.ClH/c1-24(2)11-12-25(21(27)10-7-15-5-8-16(9-6-15)26(28)29)22-23-17-13-18(30-3)19(31-4)14-20(17)32-22;/h5-10,13-14H,11-12H2,1-4H3;1H. The number of carbonyl (C=O) groups is 1. The fourth-order valence-electron chi connectivity index (χ4n) is 2.92. The molecule has 0 fully saturated rings. The average Bonchev–Trinajstić information content (AvgIpc) is 3.19. The number of nitro benzene ring substituents is 1. The molecule has 0 saturated heterocycles. The van der Waals surface area contributed by atoms with Gasteiger partial charge >= 0.3 is 0 Å². The maximum atomic E-state index is 13.1. The second kappa shape index (κ2) is 11.6. The molecule has 0 atom stereocenters. The monoisotopic (exact) mass is 492 g/mol. The molecular formula is C22H25ClN4O5S. The number of nitrogens with zero attached hydrogens (tertiary/aromatic N) is 4. The van der Waals surface area contributed by atoms with Crippen molar-refractivity contribution in [3.8, 4) is 11.5 Å². The first-order valence-corrected chi connectivity index (χ1v) is 10.6. The van der Waals surface area contributed by atoms with E-state index in [0.717, 1.165) is 4.70 Å². The highest BCUT2D eigenvalue weighted by molar-refractivity contribution is 7.22. The number of carbonyl (C=O) groups excluding carboxylic acids is 1. The number of amides is 1. The molecule has 0 aliphatic heterocycles. The fourth-order valence-corrected chi connectivity index (χ4v) is 3.93. The summed E-state index contributed by atoms with van der Waals surface area (Å²) in [6.45, 7) is 1.10. The van der Waals surface area contributed by atoms with Crippen molar-refractivity contribution in [3.63, 3.8) is 0 Å². The highest BCUT2D eigenvalue weighted by Gasteiger charge is 2.19. The summed E-state index contributed by atoms with van der Waals surface area (Å²) in [6, 6.07) is 9.64. The van der Waals surface area contributed by atoms with Crippen molar-refractivity contribution in [1.82, 2.24) is 9.88 Å². The zero-order chi connectivity index (χ0) is 23.3. The summed E-state index contributed by atoms with van der Waals surface area (Å²) in [4.78, 5) is 31.7. The molecule has 0 bridgehead atoms. The van der Waals surface area contributed by atoms with Gasteiger partial charge in [0.2, 0.25) is 0 Å². The van der Waals surface area contributed by atoms with Gasteiger partial charge < -0.3 is 14.4 Å². The average molecular weight is 493 g/mol. The first-order chi connectivity index (χ1) is 15.3. The van der Waals surface area contributed by atoms with Crippen LogP contribution in [0, 0.1) is 10.1 Å². The van der Waals surface area contributed by atoms with Gasteiger partial charge in [0.05, 0.1) is 29.4 Å². The zero-order valence-electron chi connectivity index (χ0n) is 18.7. The van der Waals surface area contributed by atoms with Crippen molar-refractivity contribution in [2.24, 2.45) is 0 Å². The van der Waals surface area contributed by atoms with Crippen LogP contribution < -0.4 is 14.4 Å². The Labute approximate surface area is 201 Å². The number of hydrogen-bond acceptors (Lipinski definition) is 8. The lowest BCUT2D eigenvalue weighted by Gasteiger charge is -2.20. The second-order valence-corrected chi connectivity index (χ2v) is 8.16. The number of thiazole rings is 1. The van der Waals surface area contributed by atoms with Crippen molar-refractivity contribution < 1.29 is 19.2 Å². The fraction of sp³-hybridized carbons (Fsp3) is 0.273. The van der Waals surface area contributed by atoms with E-state index in [0.29, 0.717) is 40.8 Å². The third-order valence-corrected chi connectivity index (χ3v) is 5.71. The van der Waals surface area contributed by atoms with Crippen LogP contribution in [0.25, 0.3) is 16.3 Å². The van der Waals surface area contributed by atoms with E-state index in [1.54, 1.807) is 43.4 Å². The molecule has 11 heteroatoms. The van der Waals surface area contributed by atoms with E-state index in [-0.39, 0.29) is 24.0 Å². The molecule has 0 aliphatic carbocycles. The summed E-state index contributed by atoms with van der Waals surface area (Å²) >= 11 is 1.39. The molecule has 176 valence electrons. The van der Waals surface area contributed by atoms with Crippen LogP contribution in [0.3, 0.4) is 0 Å². The quantitative estimate of drug-likeness (QED) is 0.250. The number of aromatic nitrogens is 1. The van der Waals surface area contributed by atoms with Crippen molar-refractivity contribution >= 4 is 56.8 Å². The van der Waals surface area contributed by atoms with E-state index in [2.05, 4.69) is 4.98 Å². The SMILES string of the molecule is COc1cc2nc(N(CCN(C)C)C(=O)C=Cc3ccc([N+](=O)[O-])cc3)sc2cc1OC.Cl. The molecule has 9 nitrogen and oxygen atoms in total. The Morgan fingerprint density at radius 1 is 1.12 bits per heavy atom. The first-order valence-electron chi connectivity index (χ1n) is 9.73. The molecule has 0 radical (unpaired) electrons. The molecule has 2 aromatic carbocycles. The summed E-state index contributed by atoms with van der Waals surface area (Å²) in [7, 11) is 7.00. The summed E-state index contributed by atoms with van der Waals surface area (Å²) < 4.78 is 11.6. The molecule has 33 heavy (non-hydrogen) atoms. The molecule has 1 heterocycles. The third-order valence-electron chi connectivity index (χ3n) is 4.67. The van der Waals surface area contributed by atoms with Crippen LogP contribution in [0.2, 0.25) is 0 Å². The molecule has 0 saturated carbocycles. The Kier molecular flexibility index (Phi) is 9.15. The van der Waals surface area contributed by atoms with Crippen molar-refractivity contribution in [1.29, 1.82) is 0 Å². The molecular weight excluding hydrogens is 468 g/mol. The Balaban J connectivity index is 0.00000385. The number of fused-ring (bicyclic) bond motifs is 1. The highest BCUT2D eigenvalue weighted by atomic mass is 35.5. The van der Waals surface area contributed by atoms with Crippen LogP contribution in [-0.2, 0) is 4.79 Å². The largest absolute Gasteiger partial charge is 0.493 e. The lowest BCUT2D eigenvalue weighted by molar-refractivity contribution is -0.384. The summed E-state index contributed by atoms with van der Waals surface area (Å²) in [5.74, 6) is 0.934. The number of anilines is 1. The minimum Gasteiger partial charge on any atom is -0.493 e. The van der Waals surface area contributed by atoms with Gasteiger partial charge in [-0.25, -0.2) is 4.98 Å². The van der Waals surface area contributed by atoms with E-state index >= 15 is 0 Å². The topological polar surface area (TPSA) is 98.0 Å². The van der Waals surface area contributed by atoms with E-state index in [9.17, 15) is 14.9 Å². The van der Waals surface area contributed by atoms with Crippen LogP contribution in [0.1, 0.15) is 5.56 Å². The molecule has 3 rings (SSSR count). The lowest BCUT2D eigenvalue weighted by Crippen LogP contribution is -2.35. The van der Waals surface area contributed by atoms with Crippen molar-refractivity contribution in [2.45, 2.75) is 0 Å². The van der Waals surface area contributed by atoms with Crippen LogP contribution >= 0.6 is 23.7 Å². The van der Waals surface area contributed by atoms with Crippen LogP contribution in [-0.4, -0.2) is 62.1 Å². The number of halogens is 1. The zero-order valence-corrected chi connectivity index (χ0v) is 20.3. The predicted octanol–water partition coefficient (Wildman–Crippen LogP) is 4.25. The Hall–Kier alpha value is -3.21. The highest BCUT2D eigenvalue weighted by Crippen LogP contribution is 2.37. The van der Waals surface area contributed by atoms with E-state index in [1.807, 2.05) is 25.1 Å². The molecule has 0 N–H and O–H groups in total. The third kappa shape index (κ3) is 6.41. The Morgan fingerprint density at radius 2 is 1.76 bits per heavy atom. The second-order valence-electron chi connectivity index (χ2n) is 7.15. The lowest BCUT2D eigenvalue weighted by atomic mass is 10.2. The minimum absolute atomic E-state index is 0. The van der Waals surface area contributed by atoms with Gasteiger partial charge in [-0.3, -0.25) is 19.8 Å². The van der Waals surface area contributed by atoms with E-state index < -0.39 is 4.92 Å². The number of likely N-dealkylation sites (N-methyl/N-ethyl adjacent to an activating group) is 1. The van der Waals surface area contributed by atoms with Gasteiger partial charge in [-0.1, -0.05) is 11.3 Å². The minimum atomic E-state index is -0.460. The number of benzene rings is 2. The normalized spacial score (nSPS) is 10.9. The first kappa shape index (κ1) is 26.0. The van der Waals surface area contributed by atoms with Crippen molar-refractivity contribution in [2.75, 3.05) is 46.3 Å². The Morgan fingerprint density at radius 3 is 2.33 bits per heavy atom. The molecule has 0 unspecified atom stereocenters. The summed E-state index contributed by atoms with van der Waals surface area (Å²) in [6.07, 6.45) is 3.08. The van der Waals surface area contributed by atoms with Crippen molar-refractivity contribution in [3.05, 3.63) is 58.2 Å². The number of methoxy groups -OCH3 is 2. The smallest absolute Gasteiger partial charge is 0.269 e. The molecule has 3 aromatic rings. The summed E-state index contributed by atoms with van der Waals surface area (Å²) in [5, 5.41) is 11.4. The van der Waals surface area contributed by atoms with E-state index in [1.165, 1.54) is 29.5 Å². The number of non-ortho nitro benzene ring substituents is 1. The van der Waals surface area contributed by atoms with Crippen LogP contribution in [0.4, 0.5) is 10.8 Å². The van der Waals surface area contributed by atoms with Gasteiger partial charge in [-0.2, -0.15) is 0 Å². The number of nitro groups is 1. The van der Waals surface area contributed by atoms with Gasteiger partial charge in [0, 0.05) is 43.4 Å². The van der Waals surface area contributed by atoms with Crippen LogP contribution in [0.15, 0.2) is 42.5 Å². The van der Waals surface area contributed by atoms with Gasteiger partial charge in [-0.05, 0) is 37.9 Å². The maximum Gasteiger partial charge on any atom is 0.269 e. The molecule has 1 amide bonds. The summed E-state index contributed by atoms with van der Waals surface area (Å²) in [5.41, 5.74) is 1.40.